The molecule has 0 amide bonds. The molecule has 0 saturated heterocycles. The van der Waals surface area contributed by atoms with Crippen LogP contribution in [0, 0.1) is 0 Å². The molecule has 20 heavy (non-hydrogen) atoms. The number of carbonyl (C=O) groups is 3. The smallest absolute Gasteiger partial charge is 0.317 e. The lowest BCUT2D eigenvalue weighted by atomic mass is 10.4. The summed E-state index contributed by atoms with van der Waals surface area (Å²) < 4.78 is 0. The minimum absolute atomic E-state index is 0.0774. The molecular weight excluding hydrogens is 266 g/mol. The molecule has 0 aliphatic heterocycles. The van der Waals surface area contributed by atoms with Gasteiger partial charge < -0.3 is 15.0 Å². The molecule has 0 bridgehead atoms. The largest absolute Gasteiger partial charge is 0.480 e. The molecule has 2 N–H and O–H groups in total. The summed E-state index contributed by atoms with van der Waals surface area (Å²) in [6, 6.07) is 0. The van der Waals surface area contributed by atoms with E-state index in [1.807, 2.05) is 0 Å². The van der Waals surface area contributed by atoms with E-state index in [2.05, 4.69) is 0 Å². The predicted molar refractivity (Wildman–Crippen MR) is 72.8 cm³/mol. The third-order valence-electron chi connectivity index (χ3n) is 2.75. The molecule has 0 aromatic carbocycles. The van der Waals surface area contributed by atoms with Crippen molar-refractivity contribution < 1.29 is 24.6 Å². The number of rotatable bonds is 12. The van der Waals surface area contributed by atoms with Crippen LogP contribution in [0.15, 0.2) is 0 Å². The van der Waals surface area contributed by atoms with Crippen molar-refractivity contribution in [3.63, 3.8) is 0 Å². The van der Waals surface area contributed by atoms with Crippen molar-refractivity contribution in [3.8, 4) is 0 Å². The molecule has 0 atom stereocenters. The van der Waals surface area contributed by atoms with Gasteiger partial charge in [0.2, 0.25) is 0 Å². The van der Waals surface area contributed by atoms with Crippen LogP contribution in [0.4, 0.5) is 0 Å². The van der Waals surface area contributed by atoms with Gasteiger partial charge in [-0.2, -0.15) is 0 Å². The number of hydrogen-bond donors (Lipinski definition) is 2. The van der Waals surface area contributed by atoms with Crippen LogP contribution in [0.25, 0.3) is 0 Å². The van der Waals surface area contributed by atoms with E-state index in [4.69, 9.17) is 10.2 Å². The van der Waals surface area contributed by atoms with E-state index < -0.39 is 11.9 Å². The second-order valence-corrected chi connectivity index (χ2v) is 4.73. The number of hydrogen-bond acceptors (Lipinski definition) is 6. The van der Waals surface area contributed by atoms with Gasteiger partial charge in [0.25, 0.3) is 0 Å². The zero-order valence-corrected chi connectivity index (χ0v) is 12.0. The Morgan fingerprint density at radius 3 is 1.85 bits per heavy atom. The summed E-state index contributed by atoms with van der Waals surface area (Å²) in [7, 11) is 3.45. The number of carboxylic acid groups (broad SMARTS) is 2. The van der Waals surface area contributed by atoms with Crippen molar-refractivity contribution in [2.45, 2.75) is 0 Å². The van der Waals surface area contributed by atoms with E-state index in [9.17, 15) is 14.4 Å². The van der Waals surface area contributed by atoms with Crippen LogP contribution < -0.4 is 0 Å². The van der Waals surface area contributed by atoms with Gasteiger partial charge >= 0.3 is 11.9 Å². The summed E-state index contributed by atoms with van der Waals surface area (Å²) in [4.78, 5) is 36.8. The topological polar surface area (TPSA) is 101 Å². The molecule has 0 aliphatic rings. The fourth-order valence-electron chi connectivity index (χ4n) is 1.61. The Hall–Kier alpha value is -1.51. The van der Waals surface area contributed by atoms with Crippen LogP contribution in [-0.2, 0) is 14.4 Å². The molecule has 0 saturated carbocycles. The molecule has 8 nitrogen and oxygen atoms in total. The Balaban J connectivity index is 4.16. The summed E-state index contributed by atoms with van der Waals surface area (Å²) >= 11 is 0. The van der Waals surface area contributed by atoms with Gasteiger partial charge in [0, 0.05) is 26.2 Å². The SMILES string of the molecule is CN(CC=O)CCN(CCN(C)CC(=O)O)CC(=O)O. The minimum atomic E-state index is -0.927. The maximum absolute atomic E-state index is 10.8. The van der Waals surface area contributed by atoms with Gasteiger partial charge in [-0.05, 0) is 14.1 Å². The number of aldehydes is 1. The predicted octanol–water partition coefficient (Wildman–Crippen LogP) is -1.48. The van der Waals surface area contributed by atoms with Gasteiger partial charge in [-0.3, -0.25) is 24.3 Å². The van der Waals surface area contributed by atoms with E-state index in [-0.39, 0.29) is 13.1 Å². The van der Waals surface area contributed by atoms with Crippen molar-refractivity contribution in [1.29, 1.82) is 0 Å². The fourth-order valence-corrected chi connectivity index (χ4v) is 1.61. The van der Waals surface area contributed by atoms with E-state index in [0.29, 0.717) is 32.7 Å². The van der Waals surface area contributed by atoms with Crippen molar-refractivity contribution in [1.82, 2.24) is 14.7 Å². The van der Waals surface area contributed by atoms with E-state index in [1.54, 1.807) is 28.8 Å². The lowest BCUT2D eigenvalue weighted by molar-refractivity contribution is -0.140. The first-order valence-corrected chi connectivity index (χ1v) is 6.31. The van der Waals surface area contributed by atoms with Gasteiger partial charge in [0.15, 0.2) is 0 Å². The Bertz CT molecular complexity index is 324. The second kappa shape index (κ2) is 10.3. The molecule has 0 unspecified atom stereocenters. The average Bonchev–Trinajstić information content (AvgIpc) is 2.31. The van der Waals surface area contributed by atoms with Crippen LogP contribution in [0.5, 0.6) is 0 Å². The van der Waals surface area contributed by atoms with E-state index >= 15 is 0 Å². The maximum atomic E-state index is 10.8. The molecule has 0 aromatic heterocycles. The molecule has 0 fully saturated rings. The number of likely N-dealkylation sites (N-methyl/N-ethyl adjacent to an activating group) is 2. The highest BCUT2D eigenvalue weighted by molar-refractivity contribution is 5.69. The first-order valence-electron chi connectivity index (χ1n) is 6.31. The summed E-state index contributed by atoms with van der Waals surface area (Å²) in [6.07, 6.45) is 0.794. The lowest BCUT2D eigenvalue weighted by Crippen LogP contribution is -2.41. The highest BCUT2D eigenvalue weighted by atomic mass is 16.4. The molecule has 8 heteroatoms. The number of carboxylic acids is 2. The van der Waals surface area contributed by atoms with Crippen molar-refractivity contribution in [2.75, 3.05) is 59.9 Å². The Kier molecular flexibility index (Phi) is 9.52. The number of carbonyl (C=O) groups excluding carboxylic acids is 1. The van der Waals surface area contributed by atoms with Gasteiger partial charge in [-0.25, -0.2) is 0 Å². The van der Waals surface area contributed by atoms with Crippen LogP contribution in [0.1, 0.15) is 0 Å². The van der Waals surface area contributed by atoms with E-state index in [1.165, 1.54) is 0 Å². The summed E-state index contributed by atoms with van der Waals surface area (Å²) in [5.74, 6) is -1.84. The number of nitrogens with zero attached hydrogens (tertiary/aromatic N) is 3. The second-order valence-electron chi connectivity index (χ2n) is 4.73. The first-order chi connectivity index (χ1) is 9.35. The van der Waals surface area contributed by atoms with Gasteiger partial charge in [-0.15, -0.1) is 0 Å². The Morgan fingerprint density at radius 2 is 1.40 bits per heavy atom. The van der Waals surface area contributed by atoms with Crippen LogP contribution in [0.2, 0.25) is 0 Å². The maximum Gasteiger partial charge on any atom is 0.317 e. The molecule has 0 spiro atoms. The Morgan fingerprint density at radius 1 is 0.900 bits per heavy atom. The molecule has 0 rings (SSSR count). The van der Waals surface area contributed by atoms with Crippen LogP contribution >= 0.6 is 0 Å². The first kappa shape index (κ1) is 18.5. The van der Waals surface area contributed by atoms with Crippen molar-refractivity contribution in [2.24, 2.45) is 0 Å². The highest BCUT2D eigenvalue weighted by Crippen LogP contribution is 1.93. The molecule has 0 radical (unpaired) electrons. The Labute approximate surface area is 118 Å². The molecule has 0 aliphatic carbocycles. The normalized spacial score (nSPS) is 11.2. The minimum Gasteiger partial charge on any atom is -0.480 e. The third-order valence-corrected chi connectivity index (χ3v) is 2.75. The van der Waals surface area contributed by atoms with E-state index in [0.717, 1.165) is 6.29 Å². The molecule has 116 valence electrons. The lowest BCUT2D eigenvalue weighted by Gasteiger charge is -2.25. The van der Waals surface area contributed by atoms with Gasteiger partial charge in [0.05, 0.1) is 19.6 Å². The summed E-state index contributed by atoms with van der Waals surface area (Å²) in [6.45, 7) is 2.15. The fraction of sp³-hybridized carbons (Fsp3) is 0.750. The van der Waals surface area contributed by atoms with Crippen LogP contribution in [-0.4, -0.2) is 103 Å². The molecule has 0 heterocycles. The average molecular weight is 289 g/mol. The van der Waals surface area contributed by atoms with Crippen molar-refractivity contribution in [3.05, 3.63) is 0 Å². The highest BCUT2D eigenvalue weighted by Gasteiger charge is 2.12. The van der Waals surface area contributed by atoms with Crippen LogP contribution in [0.3, 0.4) is 0 Å². The molecule has 0 aromatic rings. The standard InChI is InChI=1S/C12H23N3O5/c1-13(7-8-16)3-5-15(10-12(19)20)6-4-14(2)9-11(17)18/h8H,3-7,9-10H2,1-2H3,(H,17,18)(H,19,20). The number of aliphatic carboxylic acids is 2. The monoisotopic (exact) mass is 289 g/mol. The summed E-state index contributed by atoms with van der Waals surface area (Å²) in [5, 5.41) is 17.5. The molecular formula is C12H23N3O5. The zero-order valence-electron chi connectivity index (χ0n) is 12.0. The third kappa shape index (κ3) is 10.4. The quantitative estimate of drug-likeness (QED) is 0.419. The zero-order chi connectivity index (χ0) is 15.5. The van der Waals surface area contributed by atoms with Gasteiger partial charge in [0.1, 0.15) is 6.29 Å². The van der Waals surface area contributed by atoms with Gasteiger partial charge in [-0.1, -0.05) is 0 Å². The van der Waals surface area contributed by atoms with Crippen molar-refractivity contribution >= 4 is 18.2 Å². The summed E-state index contributed by atoms with van der Waals surface area (Å²) in [5.41, 5.74) is 0.